The summed E-state index contributed by atoms with van der Waals surface area (Å²) in [6.45, 7) is -0.202. The van der Waals surface area contributed by atoms with E-state index in [2.05, 4.69) is 0 Å². The van der Waals surface area contributed by atoms with Crippen LogP contribution in [0.4, 0.5) is 5.69 Å². The van der Waals surface area contributed by atoms with E-state index in [0.29, 0.717) is 11.3 Å². The van der Waals surface area contributed by atoms with Crippen LogP contribution in [0.3, 0.4) is 0 Å². The van der Waals surface area contributed by atoms with Gasteiger partial charge in [0.05, 0.1) is 4.90 Å². The second kappa shape index (κ2) is 3.95. The van der Waals surface area contributed by atoms with Crippen molar-refractivity contribution < 1.29 is 18.1 Å². The SMILES string of the molecule is Nc1ccc(S(=O)(=O)O)c(CCO)c1. The highest BCUT2D eigenvalue weighted by Crippen LogP contribution is 2.18. The Morgan fingerprint density at radius 2 is 2.00 bits per heavy atom. The van der Waals surface area contributed by atoms with Gasteiger partial charge in [0.25, 0.3) is 10.1 Å². The van der Waals surface area contributed by atoms with Gasteiger partial charge in [-0.1, -0.05) is 0 Å². The van der Waals surface area contributed by atoms with Gasteiger partial charge in [0.1, 0.15) is 0 Å². The minimum absolute atomic E-state index is 0.139. The Balaban J connectivity index is 3.29. The van der Waals surface area contributed by atoms with Gasteiger partial charge in [0, 0.05) is 12.3 Å². The number of nitrogens with two attached hydrogens (primary N) is 1. The van der Waals surface area contributed by atoms with Gasteiger partial charge in [-0.25, -0.2) is 0 Å². The van der Waals surface area contributed by atoms with Gasteiger partial charge in [-0.2, -0.15) is 8.42 Å². The molecule has 78 valence electrons. The second-order valence-electron chi connectivity index (χ2n) is 2.82. The Hall–Kier alpha value is -1.11. The third-order valence-corrected chi connectivity index (χ3v) is 2.70. The van der Waals surface area contributed by atoms with Gasteiger partial charge >= 0.3 is 0 Å². The molecule has 0 heterocycles. The van der Waals surface area contributed by atoms with Crippen LogP contribution in [0.1, 0.15) is 5.56 Å². The molecule has 0 aromatic heterocycles. The Morgan fingerprint density at radius 3 is 2.50 bits per heavy atom. The number of nitrogen functional groups attached to an aromatic ring is 1. The van der Waals surface area contributed by atoms with Gasteiger partial charge in [-0.15, -0.1) is 0 Å². The molecule has 1 aromatic carbocycles. The molecule has 1 rings (SSSR count). The lowest BCUT2D eigenvalue weighted by molar-refractivity contribution is 0.298. The van der Waals surface area contributed by atoms with E-state index in [1.165, 1.54) is 18.2 Å². The van der Waals surface area contributed by atoms with E-state index in [1.807, 2.05) is 0 Å². The number of rotatable bonds is 3. The van der Waals surface area contributed by atoms with Crippen LogP contribution in [0.2, 0.25) is 0 Å². The fraction of sp³-hybridized carbons (Fsp3) is 0.250. The fourth-order valence-corrected chi connectivity index (χ4v) is 1.90. The minimum atomic E-state index is -4.24. The number of benzene rings is 1. The maximum atomic E-state index is 10.9. The number of hydrogen-bond acceptors (Lipinski definition) is 4. The number of aliphatic hydroxyl groups is 1. The van der Waals surface area contributed by atoms with E-state index in [-0.39, 0.29) is 17.9 Å². The van der Waals surface area contributed by atoms with Crippen LogP contribution in [-0.2, 0) is 16.5 Å². The molecular formula is C8H11NO4S. The van der Waals surface area contributed by atoms with Crippen molar-refractivity contribution in [3.05, 3.63) is 23.8 Å². The molecule has 0 spiro atoms. The van der Waals surface area contributed by atoms with Crippen LogP contribution in [0.25, 0.3) is 0 Å². The monoisotopic (exact) mass is 217 g/mol. The Bertz CT molecular complexity index is 427. The first-order valence-corrected chi connectivity index (χ1v) is 5.36. The van der Waals surface area contributed by atoms with E-state index in [1.54, 1.807) is 0 Å². The van der Waals surface area contributed by atoms with E-state index in [9.17, 15) is 8.42 Å². The van der Waals surface area contributed by atoms with Crippen LogP contribution in [0.15, 0.2) is 23.1 Å². The van der Waals surface area contributed by atoms with E-state index >= 15 is 0 Å². The predicted molar refractivity (Wildman–Crippen MR) is 51.5 cm³/mol. The molecule has 4 N–H and O–H groups in total. The van der Waals surface area contributed by atoms with Crippen molar-refractivity contribution in [2.45, 2.75) is 11.3 Å². The summed E-state index contributed by atoms with van der Waals surface area (Å²) in [7, 11) is -4.24. The molecule has 0 aliphatic heterocycles. The maximum absolute atomic E-state index is 10.9. The van der Waals surface area contributed by atoms with Crippen LogP contribution < -0.4 is 5.73 Å². The molecule has 0 amide bonds. The number of aliphatic hydroxyl groups excluding tert-OH is 1. The zero-order chi connectivity index (χ0) is 10.8. The van der Waals surface area contributed by atoms with Crippen LogP contribution in [0.5, 0.6) is 0 Å². The first kappa shape index (κ1) is 11.0. The van der Waals surface area contributed by atoms with E-state index in [4.69, 9.17) is 15.4 Å². The normalized spacial score (nSPS) is 11.6. The minimum Gasteiger partial charge on any atom is -0.399 e. The largest absolute Gasteiger partial charge is 0.399 e. The van der Waals surface area contributed by atoms with Crippen molar-refractivity contribution in [2.24, 2.45) is 0 Å². The third kappa shape index (κ3) is 2.44. The molecule has 0 saturated heterocycles. The molecule has 0 atom stereocenters. The molecule has 0 aliphatic rings. The third-order valence-electron chi connectivity index (χ3n) is 1.74. The summed E-state index contributed by atoms with van der Waals surface area (Å²) < 4.78 is 30.6. The maximum Gasteiger partial charge on any atom is 0.294 e. The lowest BCUT2D eigenvalue weighted by atomic mass is 10.1. The van der Waals surface area contributed by atoms with E-state index in [0.717, 1.165) is 0 Å². The summed E-state index contributed by atoms with van der Waals surface area (Å²) in [4.78, 5) is -0.208. The summed E-state index contributed by atoms with van der Waals surface area (Å²) in [6.07, 6.45) is 0.139. The molecule has 0 fully saturated rings. The molecule has 0 bridgehead atoms. The average Bonchev–Trinajstić information content (AvgIpc) is 2.02. The van der Waals surface area contributed by atoms with Gasteiger partial charge < -0.3 is 10.8 Å². The van der Waals surface area contributed by atoms with Crippen molar-refractivity contribution in [3.8, 4) is 0 Å². The fourth-order valence-electron chi connectivity index (χ4n) is 1.17. The number of anilines is 1. The molecule has 6 heteroatoms. The van der Waals surface area contributed by atoms with Gasteiger partial charge in [-0.3, -0.25) is 4.55 Å². The topological polar surface area (TPSA) is 101 Å². The van der Waals surface area contributed by atoms with Gasteiger partial charge in [0.2, 0.25) is 0 Å². The Morgan fingerprint density at radius 1 is 1.36 bits per heavy atom. The van der Waals surface area contributed by atoms with Crippen molar-refractivity contribution in [2.75, 3.05) is 12.3 Å². The van der Waals surface area contributed by atoms with E-state index < -0.39 is 10.1 Å². The summed E-state index contributed by atoms with van der Waals surface area (Å²) in [5, 5.41) is 8.68. The lowest BCUT2D eigenvalue weighted by Gasteiger charge is -2.06. The molecular weight excluding hydrogens is 206 g/mol. The number of hydrogen-bond donors (Lipinski definition) is 3. The molecule has 0 aliphatic carbocycles. The summed E-state index contributed by atoms with van der Waals surface area (Å²) in [5.41, 5.74) is 6.15. The highest BCUT2D eigenvalue weighted by atomic mass is 32.2. The molecule has 0 saturated carbocycles. The summed E-state index contributed by atoms with van der Waals surface area (Å²) in [5.74, 6) is 0. The van der Waals surface area contributed by atoms with Crippen molar-refractivity contribution in [1.29, 1.82) is 0 Å². The smallest absolute Gasteiger partial charge is 0.294 e. The molecule has 1 aromatic rings. The van der Waals surface area contributed by atoms with Crippen LogP contribution in [-0.4, -0.2) is 24.7 Å². The average molecular weight is 217 g/mol. The predicted octanol–water partition coefficient (Wildman–Crippen LogP) is 0.0503. The van der Waals surface area contributed by atoms with Crippen molar-refractivity contribution in [3.63, 3.8) is 0 Å². The quantitative estimate of drug-likeness (QED) is 0.490. The van der Waals surface area contributed by atoms with Crippen LogP contribution >= 0.6 is 0 Å². The highest BCUT2D eigenvalue weighted by Gasteiger charge is 2.14. The first-order chi connectivity index (χ1) is 6.45. The molecule has 14 heavy (non-hydrogen) atoms. The summed E-state index contributed by atoms with van der Waals surface area (Å²) >= 11 is 0. The van der Waals surface area contributed by atoms with Crippen molar-refractivity contribution in [1.82, 2.24) is 0 Å². The highest BCUT2D eigenvalue weighted by molar-refractivity contribution is 7.85. The molecule has 0 unspecified atom stereocenters. The zero-order valence-electron chi connectivity index (χ0n) is 7.34. The summed E-state index contributed by atoms with van der Waals surface area (Å²) in [6, 6.07) is 4.01. The van der Waals surface area contributed by atoms with Crippen LogP contribution in [0, 0.1) is 0 Å². The Labute approximate surface area is 81.9 Å². The van der Waals surface area contributed by atoms with Crippen molar-refractivity contribution >= 4 is 15.8 Å². The van der Waals surface area contributed by atoms with Gasteiger partial charge in [0.15, 0.2) is 0 Å². The Kier molecular flexibility index (Phi) is 3.10. The first-order valence-electron chi connectivity index (χ1n) is 3.92. The second-order valence-corrected chi connectivity index (χ2v) is 4.21. The molecule has 0 radical (unpaired) electrons. The van der Waals surface area contributed by atoms with Gasteiger partial charge in [-0.05, 0) is 30.2 Å². The lowest BCUT2D eigenvalue weighted by Crippen LogP contribution is -2.05. The molecule has 5 nitrogen and oxygen atoms in total. The zero-order valence-corrected chi connectivity index (χ0v) is 8.16. The standard InChI is InChI=1S/C8H11NO4S/c9-7-1-2-8(14(11,12)13)6(5-7)3-4-10/h1-2,5,10H,3-4,9H2,(H,11,12,13).